The van der Waals surface area contributed by atoms with Crippen LogP contribution in [0.5, 0.6) is 0 Å². The molecule has 0 saturated carbocycles. The van der Waals surface area contributed by atoms with Crippen LogP contribution in [0.4, 0.5) is 0 Å². The lowest BCUT2D eigenvalue weighted by Crippen LogP contribution is -2.11. The van der Waals surface area contributed by atoms with Gasteiger partial charge in [0.1, 0.15) is 0 Å². The van der Waals surface area contributed by atoms with Gasteiger partial charge in [-0.15, -0.1) is 0 Å². The van der Waals surface area contributed by atoms with Crippen molar-refractivity contribution in [1.29, 1.82) is 0 Å². The maximum absolute atomic E-state index is 11.0. The van der Waals surface area contributed by atoms with E-state index in [-0.39, 0.29) is 11.9 Å². The van der Waals surface area contributed by atoms with Crippen LogP contribution in [0.3, 0.4) is 0 Å². The molecule has 0 spiro atoms. The number of hydrogen-bond acceptors (Lipinski definition) is 2. The van der Waals surface area contributed by atoms with Gasteiger partial charge in [0.2, 0.25) is 0 Å². The van der Waals surface area contributed by atoms with E-state index in [0.29, 0.717) is 0 Å². The predicted octanol–water partition coefficient (Wildman–Crippen LogP) is 3.53. The van der Waals surface area contributed by atoms with Crippen LogP contribution in [0.25, 0.3) is 0 Å². The molecule has 0 saturated heterocycles. The van der Waals surface area contributed by atoms with Gasteiger partial charge in [0.25, 0.3) is 0 Å². The number of carbonyl (C=O) groups excluding carboxylic acids is 1. The molecule has 0 radical (unpaired) electrons. The van der Waals surface area contributed by atoms with E-state index in [4.69, 9.17) is 0 Å². The summed E-state index contributed by atoms with van der Waals surface area (Å²) in [7, 11) is 0. The lowest BCUT2D eigenvalue weighted by molar-refractivity contribution is -0.142. The van der Waals surface area contributed by atoms with E-state index >= 15 is 0 Å². The van der Waals surface area contributed by atoms with Crippen LogP contribution in [0.1, 0.15) is 47.0 Å². The first-order chi connectivity index (χ1) is 6.22. The molecule has 0 amide bonds. The third kappa shape index (κ3) is 9.12. The second-order valence-corrected chi connectivity index (χ2v) is 2.65. The van der Waals surface area contributed by atoms with Crippen LogP contribution in [-0.2, 0) is 9.53 Å². The molecule has 0 aromatic carbocycles. The monoisotopic (exact) mass is 186 g/mol. The highest BCUT2D eigenvalue weighted by molar-refractivity contribution is 5.72. The Labute approximate surface area is 82.0 Å². The molecule has 0 rings (SSSR count). The topological polar surface area (TPSA) is 26.3 Å². The van der Waals surface area contributed by atoms with Crippen molar-refractivity contribution in [3.63, 3.8) is 0 Å². The standard InChI is InChI=1S/C9H16O2.C2H6/c1-4-6-7-8(3)9(10)11-5-2;1-2/h5,8H,2,4,6-7H2,1,3H3;1-2H3. The minimum Gasteiger partial charge on any atom is -0.435 e. The van der Waals surface area contributed by atoms with Crippen molar-refractivity contribution < 1.29 is 9.53 Å². The summed E-state index contributed by atoms with van der Waals surface area (Å²) in [4.78, 5) is 11.0. The summed E-state index contributed by atoms with van der Waals surface area (Å²) in [5.74, 6) is -0.165. The highest BCUT2D eigenvalue weighted by Gasteiger charge is 2.11. The van der Waals surface area contributed by atoms with Crippen LogP contribution in [-0.4, -0.2) is 5.97 Å². The van der Waals surface area contributed by atoms with E-state index in [1.54, 1.807) is 0 Å². The minimum atomic E-state index is -0.173. The van der Waals surface area contributed by atoms with Crippen LogP contribution < -0.4 is 0 Å². The lowest BCUT2D eigenvalue weighted by atomic mass is 10.1. The van der Waals surface area contributed by atoms with E-state index in [2.05, 4.69) is 18.2 Å². The van der Waals surface area contributed by atoms with Gasteiger partial charge in [0.15, 0.2) is 0 Å². The second-order valence-electron chi connectivity index (χ2n) is 2.65. The molecule has 0 aromatic heterocycles. The summed E-state index contributed by atoms with van der Waals surface area (Å²) in [6.07, 6.45) is 4.28. The quantitative estimate of drug-likeness (QED) is 0.485. The highest BCUT2D eigenvalue weighted by atomic mass is 16.5. The Morgan fingerprint density at radius 2 is 2.08 bits per heavy atom. The van der Waals surface area contributed by atoms with E-state index < -0.39 is 0 Å². The summed E-state index contributed by atoms with van der Waals surface area (Å²) in [5.41, 5.74) is 0. The average Bonchev–Trinajstić information content (AvgIpc) is 2.17. The molecule has 0 fully saturated rings. The molecule has 78 valence electrons. The fourth-order valence-electron chi connectivity index (χ4n) is 0.826. The van der Waals surface area contributed by atoms with Crippen molar-refractivity contribution in [2.45, 2.75) is 47.0 Å². The molecule has 0 aromatic rings. The van der Waals surface area contributed by atoms with Crippen LogP contribution >= 0.6 is 0 Å². The fraction of sp³-hybridized carbons (Fsp3) is 0.727. The molecule has 2 heteroatoms. The summed E-state index contributed by atoms with van der Waals surface area (Å²) < 4.78 is 4.63. The number of esters is 1. The van der Waals surface area contributed by atoms with Gasteiger partial charge in [-0.1, -0.05) is 47.1 Å². The molecule has 0 bridgehead atoms. The first kappa shape index (κ1) is 14.7. The summed E-state index contributed by atoms with van der Waals surface area (Å²) in [6.45, 7) is 11.3. The Balaban J connectivity index is 0. The van der Waals surface area contributed by atoms with Crippen molar-refractivity contribution in [3.05, 3.63) is 12.8 Å². The van der Waals surface area contributed by atoms with Crippen molar-refractivity contribution in [2.24, 2.45) is 5.92 Å². The third-order valence-electron chi connectivity index (χ3n) is 1.59. The summed E-state index contributed by atoms with van der Waals surface area (Å²) in [6, 6.07) is 0. The zero-order chi connectivity index (χ0) is 10.7. The van der Waals surface area contributed by atoms with Crippen LogP contribution in [0.15, 0.2) is 12.8 Å². The number of hydrogen-bond donors (Lipinski definition) is 0. The molecule has 2 nitrogen and oxygen atoms in total. The number of unbranched alkanes of at least 4 members (excludes halogenated alkanes) is 1. The second kappa shape index (κ2) is 11.2. The van der Waals surface area contributed by atoms with Gasteiger partial charge in [-0.3, -0.25) is 4.79 Å². The largest absolute Gasteiger partial charge is 0.435 e. The molecule has 0 aliphatic carbocycles. The van der Waals surface area contributed by atoms with Crippen LogP contribution in [0, 0.1) is 5.92 Å². The summed E-state index contributed by atoms with van der Waals surface area (Å²) in [5, 5.41) is 0. The Bertz CT molecular complexity index is 130. The molecule has 0 heterocycles. The predicted molar refractivity (Wildman–Crippen MR) is 56.3 cm³/mol. The molecular weight excluding hydrogens is 164 g/mol. The summed E-state index contributed by atoms with van der Waals surface area (Å²) >= 11 is 0. The smallest absolute Gasteiger partial charge is 0.313 e. The van der Waals surface area contributed by atoms with E-state index in [1.165, 1.54) is 6.26 Å². The van der Waals surface area contributed by atoms with Crippen molar-refractivity contribution in [1.82, 2.24) is 0 Å². The third-order valence-corrected chi connectivity index (χ3v) is 1.59. The molecule has 1 atom stereocenters. The maximum atomic E-state index is 11.0. The highest BCUT2D eigenvalue weighted by Crippen LogP contribution is 2.08. The SMILES string of the molecule is C=COC(=O)C(C)CCCC.CC. The minimum absolute atomic E-state index is 0.00736. The van der Waals surface area contributed by atoms with Gasteiger partial charge < -0.3 is 4.74 Å². The Morgan fingerprint density at radius 1 is 1.54 bits per heavy atom. The van der Waals surface area contributed by atoms with E-state index in [9.17, 15) is 4.79 Å². The Morgan fingerprint density at radius 3 is 2.46 bits per heavy atom. The first-order valence-electron chi connectivity index (χ1n) is 5.03. The van der Waals surface area contributed by atoms with Gasteiger partial charge in [-0.25, -0.2) is 0 Å². The van der Waals surface area contributed by atoms with Crippen molar-refractivity contribution >= 4 is 5.97 Å². The Kier molecular flexibility index (Phi) is 12.7. The van der Waals surface area contributed by atoms with E-state index in [0.717, 1.165) is 19.3 Å². The molecule has 13 heavy (non-hydrogen) atoms. The van der Waals surface area contributed by atoms with E-state index in [1.807, 2.05) is 20.8 Å². The maximum Gasteiger partial charge on any atom is 0.313 e. The Hall–Kier alpha value is -0.790. The van der Waals surface area contributed by atoms with Crippen molar-refractivity contribution in [3.8, 4) is 0 Å². The molecular formula is C11H22O2. The van der Waals surface area contributed by atoms with Gasteiger partial charge in [0, 0.05) is 0 Å². The number of rotatable bonds is 5. The zero-order valence-electron chi connectivity index (χ0n) is 9.30. The van der Waals surface area contributed by atoms with Gasteiger partial charge >= 0.3 is 5.97 Å². The van der Waals surface area contributed by atoms with Gasteiger partial charge in [-0.2, -0.15) is 0 Å². The number of carbonyl (C=O) groups is 1. The van der Waals surface area contributed by atoms with Crippen LogP contribution in [0.2, 0.25) is 0 Å². The first-order valence-corrected chi connectivity index (χ1v) is 5.03. The normalized spacial score (nSPS) is 10.8. The molecule has 0 aliphatic heterocycles. The molecule has 1 unspecified atom stereocenters. The molecule has 0 N–H and O–H groups in total. The van der Waals surface area contributed by atoms with Gasteiger partial charge in [0.05, 0.1) is 12.2 Å². The van der Waals surface area contributed by atoms with Crippen molar-refractivity contribution in [2.75, 3.05) is 0 Å². The fourth-order valence-corrected chi connectivity index (χ4v) is 0.826. The lowest BCUT2D eigenvalue weighted by Gasteiger charge is -2.06. The number of ether oxygens (including phenoxy) is 1. The zero-order valence-corrected chi connectivity index (χ0v) is 9.30. The van der Waals surface area contributed by atoms with Gasteiger partial charge in [-0.05, 0) is 6.42 Å². The average molecular weight is 186 g/mol. The molecule has 0 aliphatic rings.